The molecule has 0 unspecified atom stereocenters. The van der Waals surface area contributed by atoms with Gasteiger partial charge in [-0.05, 0) is 49.4 Å². The molecule has 1 aromatic heterocycles. The molecule has 1 aliphatic heterocycles. The van der Waals surface area contributed by atoms with Crippen LogP contribution in [0.5, 0.6) is 0 Å². The third kappa shape index (κ3) is 4.54. The molecule has 0 saturated carbocycles. The van der Waals surface area contributed by atoms with Gasteiger partial charge in [0.2, 0.25) is 0 Å². The number of carbonyl (C=O) groups excluding carboxylic acids is 2. The molecule has 0 aliphatic carbocycles. The maximum Gasteiger partial charge on any atom is 0.355 e. The highest BCUT2D eigenvalue weighted by Gasteiger charge is 2.27. The normalized spacial score (nSPS) is 13.1. The van der Waals surface area contributed by atoms with Crippen LogP contribution in [-0.4, -0.2) is 42.2 Å². The van der Waals surface area contributed by atoms with E-state index >= 15 is 0 Å². The van der Waals surface area contributed by atoms with Gasteiger partial charge >= 0.3 is 17.9 Å². The third-order valence-electron chi connectivity index (χ3n) is 5.53. The molecule has 1 N–H and O–H groups in total. The average Bonchev–Trinajstić information content (AvgIpc) is 3.10. The van der Waals surface area contributed by atoms with Gasteiger partial charge in [-0.15, -0.1) is 0 Å². The van der Waals surface area contributed by atoms with Crippen LogP contribution >= 0.6 is 0 Å². The van der Waals surface area contributed by atoms with E-state index in [-0.39, 0.29) is 16.8 Å². The lowest BCUT2D eigenvalue weighted by atomic mass is 10.0. The number of benzene rings is 2. The van der Waals surface area contributed by atoms with Crippen molar-refractivity contribution >= 4 is 34.5 Å². The van der Waals surface area contributed by atoms with Crippen LogP contribution in [0.4, 0.5) is 5.69 Å². The summed E-state index contributed by atoms with van der Waals surface area (Å²) in [6.07, 6.45) is 6.42. The first-order chi connectivity index (χ1) is 16.8. The van der Waals surface area contributed by atoms with Crippen LogP contribution in [0, 0.1) is 6.92 Å². The zero-order valence-electron chi connectivity index (χ0n) is 19.3. The number of esters is 2. The van der Waals surface area contributed by atoms with Crippen LogP contribution in [-0.2, 0) is 19.1 Å². The van der Waals surface area contributed by atoms with Gasteiger partial charge in [-0.2, -0.15) is 0 Å². The average molecular weight is 470 g/mol. The number of methoxy groups -OCH3 is 2. The van der Waals surface area contributed by atoms with Crippen molar-refractivity contribution in [3.8, 4) is 11.3 Å². The number of hydrogen-bond donors (Lipinski definition) is 1. The Morgan fingerprint density at radius 2 is 1.63 bits per heavy atom. The highest BCUT2D eigenvalue weighted by Crippen LogP contribution is 2.30. The Labute approximate surface area is 201 Å². The topological polar surface area (TPSA) is 106 Å². The van der Waals surface area contributed by atoms with Crippen molar-refractivity contribution in [3.05, 3.63) is 95.4 Å². The first-order valence-electron chi connectivity index (χ1n) is 10.6. The number of carbonyl (C=O) groups is 3. The number of aromatic carboxylic acids is 1. The van der Waals surface area contributed by atoms with Gasteiger partial charge in [0, 0.05) is 22.8 Å². The molecule has 0 spiro atoms. The summed E-state index contributed by atoms with van der Waals surface area (Å²) in [6, 6.07) is 14.0. The SMILES string of the molecule is COC(=O)C1=C(C(=O)OC)N(c2ccc(-c3cc(C(=O)O)c4cc(C)ccc4n3)cc2)C=CC=C1. The summed E-state index contributed by atoms with van der Waals surface area (Å²) in [4.78, 5) is 43.0. The van der Waals surface area contributed by atoms with Crippen molar-refractivity contribution in [2.24, 2.45) is 0 Å². The van der Waals surface area contributed by atoms with E-state index in [2.05, 4.69) is 4.98 Å². The Morgan fingerprint density at radius 1 is 0.914 bits per heavy atom. The fraction of sp³-hybridized carbons (Fsp3) is 0.111. The number of carboxylic acid groups (broad SMARTS) is 1. The first kappa shape index (κ1) is 23.4. The predicted octanol–water partition coefficient (Wildman–Crippen LogP) is 4.40. The maximum absolute atomic E-state index is 12.6. The van der Waals surface area contributed by atoms with E-state index in [9.17, 15) is 19.5 Å². The largest absolute Gasteiger partial charge is 0.478 e. The summed E-state index contributed by atoms with van der Waals surface area (Å²) in [5, 5.41) is 10.3. The third-order valence-corrected chi connectivity index (χ3v) is 5.53. The van der Waals surface area contributed by atoms with Gasteiger partial charge in [0.15, 0.2) is 0 Å². The van der Waals surface area contributed by atoms with Gasteiger partial charge in [0.25, 0.3) is 0 Å². The van der Waals surface area contributed by atoms with Crippen LogP contribution in [0.15, 0.2) is 84.2 Å². The number of fused-ring (bicyclic) bond motifs is 1. The highest BCUT2D eigenvalue weighted by atomic mass is 16.5. The van der Waals surface area contributed by atoms with Crippen LogP contribution in [0.25, 0.3) is 22.2 Å². The van der Waals surface area contributed by atoms with Gasteiger partial charge in [0.05, 0.1) is 36.6 Å². The smallest absolute Gasteiger partial charge is 0.355 e. The number of allylic oxidation sites excluding steroid dienone is 2. The number of carboxylic acids is 1. The molecule has 2 heterocycles. The van der Waals surface area contributed by atoms with E-state index in [4.69, 9.17) is 9.47 Å². The number of aryl methyl sites for hydroxylation is 1. The zero-order chi connectivity index (χ0) is 25.1. The minimum absolute atomic E-state index is 0.00413. The minimum atomic E-state index is -1.04. The first-order valence-corrected chi connectivity index (χ1v) is 10.6. The lowest BCUT2D eigenvalue weighted by Gasteiger charge is -2.23. The molecule has 176 valence electrons. The van der Waals surface area contributed by atoms with Crippen LogP contribution < -0.4 is 4.90 Å². The van der Waals surface area contributed by atoms with Crippen molar-refractivity contribution in [1.82, 2.24) is 4.98 Å². The Morgan fingerprint density at radius 3 is 2.29 bits per heavy atom. The quantitative estimate of drug-likeness (QED) is 0.547. The van der Waals surface area contributed by atoms with Gasteiger partial charge in [-0.25, -0.2) is 19.4 Å². The van der Waals surface area contributed by atoms with Gasteiger partial charge in [-0.3, -0.25) is 0 Å². The monoisotopic (exact) mass is 470 g/mol. The highest BCUT2D eigenvalue weighted by molar-refractivity contribution is 6.06. The molecular formula is C27H22N2O6. The summed E-state index contributed by atoms with van der Waals surface area (Å²) >= 11 is 0. The summed E-state index contributed by atoms with van der Waals surface area (Å²) in [5.41, 5.74) is 3.50. The molecule has 0 amide bonds. The number of aromatic nitrogens is 1. The minimum Gasteiger partial charge on any atom is -0.478 e. The van der Waals surface area contributed by atoms with Crippen molar-refractivity contribution < 1.29 is 29.0 Å². The predicted molar refractivity (Wildman–Crippen MR) is 131 cm³/mol. The molecule has 1 aliphatic rings. The fourth-order valence-corrected chi connectivity index (χ4v) is 3.82. The van der Waals surface area contributed by atoms with Gasteiger partial charge in [0.1, 0.15) is 5.70 Å². The Bertz CT molecular complexity index is 1430. The van der Waals surface area contributed by atoms with E-state index in [0.29, 0.717) is 27.8 Å². The van der Waals surface area contributed by atoms with Gasteiger partial charge in [-0.1, -0.05) is 29.8 Å². The van der Waals surface area contributed by atoms with Crippen LogP contribution in [0.2, 0.25) is 0 Å². The molecule has 0 fully saturated rings. The molecule has 0 bridgehead atoms. The van der Waals surface area contributed by atoms with Crippen molar-refractivity contribution in [3.63, 3.8) is 0 Å². The number of hydrogen-bond acceptors (Lipinski definition) is 7. The van der Waals surface area contributed by atoms with Crippen molar-refractivity contribution in [2.45, 2.75) is 6.92 Å². The van der Waals surface area contributed by atoms with Gasteiger partial charge < -0.3 is 19.5 Å². The standard InChI is InChI=1S/C27H22N2O6/c1-16-7-12-22-20(14-16)21(25(30)31)15-23(28-22)17-8-10-18(11-9-17)29-13-5-4-6-19(26(32)34-2)24(29)27(33)35-3/h4-15H,1-3H3,(H,30,31). The summed E-state index contributed by atoms with van der Waals surface area (Å²) in [5.74, 6) is -2.42. The number of anilines is 1. The van der Waals surface area contributed by atoms with E-state index in [1.54, 1.807) is 60.8 Å². The van der Waals surface area contributed by atoms with Crippen LogP contribution in [0.3, 0.4) is 0 Å². The van der Waals surface area contributed by atoms with Crippen molar-refractivity contribution in [1.29, 1.82) is 0 Å². The number of nitrogens with zero attached hydrogens (tertiary/aromatic N) is 2. The van der Waals surface area contributed by atoms with E-state index in [1.807, 2.05) is 13.0 Å². The Balaban J connectivity index is 1.79. The lowest BCUT2D eigenvalue weighted by Crippen LogP contribution is -2.26. The molecule has 3 aromatic rings. The summed E-state index contributed by atoms with van der Waals surface area (Å²) in [6.45, 7) is 1.90. The maximum atomic E-state index is 12.6. The number of pyridine rings is 1. The molecule has 8 nitrogen and oxygen atoms in total. The summed E-state index contributed by atoms with van der Waals surface area (Å²) < 4.78 is 9.76. The second-order valence-corrected chi connectivity index (χ2v) is 7.74. The number of rotatable bonds is 5. The van der Waals surface area contributed by atoms with E-state index < -0.39 is 17.9 Å². The second kappa shape index (κ2) is 9.64. The van der Waals surface area contributed by atoms with E-state index in [1.165, 1.54) is 25.2 Å². The van der Waals surface area contributed by atoms with E-state index in [0.717, 1.165) is 5.56 Å². The van der Waals surface area contributed by atoms with Crippen molar-refractivity contribution in [2.75, 3.05) is 19.1 Å². The van der Waals surface area contributed by atoms with Crippen LogP contribution in [0.1, 0.15) is 15.9 Å². The molecular weight excluding hydrogens is 448 g/mol. The Kier molecular flexibility index (Phi) is 6.46. The fourth-order valence-electron chi connectivity index (χ4n) is 3.82. The molecule has 35 heavy (non-hydrogen) atoms. The molecule has 4 rings (SSSR count). The Hall–Kier alpha value is -4.72. The summed E-state index contributed by atoms with van der Waals surface area (Å²) in [7, 11) is 2.47. The molecule has 2 aromatic carbocycles. The molecule has 8 heteroatoms. The zero-order valence-corrected chi connectivity index (χ0v) is 19.3. The lowest BCUT2D eigenvalue weighted by molar-refractivity contribution is -0.139. The molecule has 0 saturated heterocycles. The molecule has 0 radical (unpaired) electrons. The second-order valence-electron chi connectivity index (χ2n) is 7.74. The number of ether oxygens (including phenoxy) is 2. The molecule has 0 atom stereocenters.